The van der Waals surface area contributed by atoms with Crippen LogP contribution in [-0.2, 0) is 9.59 Å². The van der Waals surface area contributed by atoms with Gasteiger partial charge in [0.1, 0.15) is 11.2 Å². The molecule has 29 heavy (non-hydrogen) atoms. The molecule has 1 aliphatic carbocycles. The zero-order valence-corrected chi connectivity index (χ0v) is 17.8. The Morgan fingerprint density at radius 3 is 2.10 bits per heavy atom. The topological polar surface area (TPSA) is 67.4 Å². The van der Waals surface area contributed by atoms with Crippen molar-refractivity contribution in [2.75, 3.05) is 10.6 Å². The zero-order chi connectivity index (χ0) is 21.2. The Hall–Kier alpha value is -2.82. The maximum Gasteiger partial charge on any atom is 0.240 e. The largest absolute Gasteiger partial charge is 0.491 e. The maximum absolute atomic E-state index is 13.0. The summed E-state index contributed by atoms with van der Waals surface area (Å²) in [7, 11) is 0. The van der Waals surface area contributed by atoms with E-state index in [9.17, 15) is 9.59 Å². The lowest BCUT2D eigenvalue weighted by molar-refractivity contribution is -0.131. The summed E-state index contributed by atoms with van der Waals surface area (Å²) < 4.78 is 5.62. The van der Waals surface area contributed by atoms with E-state index in [1.165, 1.54) is 0 Å². The molecule has 0 saturated heterocycles. The van der Waals surface area contributed by atoms with Crippen LogP contribution >= 0.6 is 0 Å². The average molecular weight is 395 g/mol. The molecule has 0 bridgehead atoms. The van der Waals surface area contributed by atoms with Crippen LogP contribution < -0.4 is 15.4 Å². The van der Waals surface area contributed by atoms with Crippen molar-refractivity contribution in [3.05, 3.63) is 53.6 Å². The summed E-state index contributed by atoms with van der Waals surface area (Å²) in [5.41, 5.74) is 2.56. The minimum absolute atomic E-state index is 0.0889. The second-order valence-electron chi connectivity index (χ2n) is 8.38. The van der Waals surface area contributed by atoms with Gasteiger partial charge in [-0.3, -0.25) is 9.59 Å². The first kappa shape index (κ1) is 20.9. The Morgan fingerprint density at radius 2 is 1.55 bits per heavy atom. The smallest absolute Gasteiger partial charge is 0.240 e. The third-order valence-electron chi connectivity index (χ3n) is 5.27. The Bertz CT molecular complexity index is 897. The van der Waals surface area contributed by atoms with Crippen LogP contribution in [0.1, 0.15) is 57.6 Å². The molecule has 0 spiro atoms. The molecule has 0 heterocycles. The van der Waals surface area contributed by atoms with Crippen LogP contribution in [0.25, 0.3) is 0 Å². The summed E-state index contributed by atoms with van der Waals surface area (Å²) in [6.45, 7) is 10.1. The van der Waals surface area contributed by atoms with Crippen molar-refractivity contribution in [2.24, 2.45) is 5.41 Å². The molecule has 3 rings (SSSR count). The van der Waals surface area contributed by atoms with Crippen molar-refractivity contribution in [3.8, 4) is 5.75 Å². The minimum Gasteiger partial charge on any atom is -0.491 e. The highest BCUT2D eigenvalue weighted by Gasteiger charge is 2.56. The minimum atomic E-state index is -0.996. The van der Waals surface area contributed by atoms with Crippen LogP contribution in [0.4, 0.5) is 11.4 Å². The number of ether oxygens (including phenoxy) is 1. The van der Waals surface area contributed by atoms with Gasteiger partial charge in [-0.15, -0.1) is 0 Å². The molecule has 0 atom stereocenters. The molecule has 1 aliphatic rings. The molecule has 2 aromatic carbocycles. The fourth-order valence-corrected chi connectivity index (χ4v) is 3.40. The highest BCUT2D eigenvalue weighted by Crippen LogP contribution is 2.48. The summed E-state index contributed by atoms with van der Waals surface area (Å²) in [6, 6.07) is 13.2. The van der Waals surface area contributed by atoms with Crippen LogP contribution in [0.3, 0.4) is 0 Å². The molecular formula is C24H30N2O3. The van der Waals surface area contributed by atoms with Gasteiger partial charge in [0.25, 0.3) is 0 Å². The lowest BCUT2D eigenvalue weighted by Gasteiger charge is -2.20. The van der Waals surface area contributed by atoms with Crippen molar-refractivity contribution < 1.29 is 14.3 Å². The number of nitrogens with one attached hydrogen (secondary N) is 2. The number of carbonyl (C=O) groups excluding carboxylic acids is 2. The first-order chi connectivity index (χ1) is 13.7. The van der Waals surface area contributed by atoms with Gasteiger partial charge in [-0.1, -0.05) is 32.0 Å². The molecule has 2 N–H and O–H groups in total. The molecule has 0 aromatic heterocycles. The van der Waals surface area contributed by atoms with E-state index >= 15 is 0 Å². The van der Waals surface area contributed by atoms with Gasteiger partial charge < -0.3 is 15.4 Å². The molecule has 5 nitrogen and oxygen atoms in total. The monoisotopic (exact) mass is 394 g/mol. The molecular weight excluding hydrogens is 364 g/mol. The van der Waals surface area contributed by atoms with E-state index in [1.807, 2.05) is 51.1 Å². The number of anilines is 2. The third-order valence-corrected chi connectivity index (χ3v) is 5.27. The van der Waals surface area contributed by atoms with Crippen LogP contribution in [0.5, 0.6) is 5.75 Å². The van der Waals surface area contributed by atoms with Gasteiger partial charge in [0.2, 0.25) is 11.8 Å². The van der Waals surface area contributed by atoms with Gasteiger partial charge in [0, 0.05) is 11.4 Å². The number of amides is 2. The second-order valence-corrected chi connectivity index (χ2v) is 8.38. The van der Waals surface area contributed by atoms with Gasteiger partial charge in [-0.2, -0.15) is 0 Å². The van der Waals surface area contributed by atoms with Crippen LogP contribution in [0.2, 0.25) is 0 Å². The lowest BCUT2D eigenvalue weighted by Crippen LogP contribution is -2.36. The zero-order valence-electron chi connectivity index (χ0n) is 17.8. The van der Waals surface area contributed by atoms with Crippen molar-refractivity contribution in [1.29, 1.82) is 0 Å². The molecule has 0 unspecified atom stereocenters. The van der Waals surface area contributed by atoms with Crippen molar-refractivity contribution in [2.45, 2.75) is 59.5 Å². The molecule has 1 saturated carbocycles. The maximum atomic E-state index is 13.0. The molecule has 154 valence electrons. The number of carbonyl (C=O) groups is 2. The fourth-order valence-electron chi connectivity index (χ4n) is 3.40. The van der Waals surface area contributed by atoms with Crippen molar-refractivity contribution in [3.63, 3.8) is 0 Å². The number of benzene rings is 2. The van der Waals surface area contributed by atoms with Gasteiger partial charge in [-0.05, 0) is 74.9 Å². The summed E-state index contributed by atoms with van der Waals surface area (Å²) >= 11 is 0. The first-order valence-electron chi connectivity index (χ1n) is 10.2. The highest BCUT2D eigenvalue weighted by molar-refractivity contribution is 6.17. The number of hydrogen-bond acceptors (Lipinski definition) is 3. The molecule has 0 radical (unpaired) electrons. The quantitative estimate of drug-likeness (QED) is 0.629. The van der Waals surface area contributed by atoms with E-state index in [0.29, 0.717) is 18.5 Å². The normalized spacial score (nSPS) is 14.6. The van der Waals surface area contributed by atoms with Gasteiger partial charge in [-0.25, -0.2) is 0 Å². The summed E-state index contributed by atoms with van der Waals surface area (Å²) in [4.78, 5) is 25.9. The average Bonchev–Trinajstić information content (AvgIpc) is 3.46. The van der Waals surface area contributed by atoms with E-state index in [-0.39, 0.29) is 23.8 Å². The number of para-hydroxylation sites is 1. The first-order valence-corrected chi connectivity index (χ1v) is 10.2. The highest BCUT2D eigenvalue weighted by atomic mass is 16.5. The van der Waals surface area contributed by atoms with Gasteiger partial charge >= 0.3 is 0 Å². The second kappa shape index (κ2) is 8.27. The Balaban J connectivity index is 1.71. The fraction of sp³-hybridized carbons (Fsp3) is 0.417. The molecule has 2 aromatic rings. The predicted molar refractivity (Wildman–Crippen MR) is 116 cm³/mol. The van der Waals surface area contributed by atoms with Gasteiger partial charge in [0.15, 0.2) is 0 Å². The standard InChI is InChI=1S/C24H30N2O3/c1-15(2)20-8-6-7-17(5)21(20)26-23(28)24(13-14-24)22(27)25-18-9-11-19(12-10-18)29-16(3)4/h6-12,15-16H,13-14H2,1-5H3,(H,25,27)(H,26,28). The SMILES string of the molecule is Cc1cccc(C(C)C)c1NC(=O)C1(C(=O)Nc2ccc(OC(C)C)cc2)CC1. The molecule has 0 aliphatic heterocycles. The molecule has 2 amide bonds. The Kier molecular flexibility index (Phi) is 5.96. The van der Waals surface area contributed by atoms with Gasteiger partial charge in [0.05, 0.1) is 6.10 Å². The van der Waals surface area contributed by atoms with Crippen LogP contribution in [-0.4, -0.2) is 17.9 Å². The van der Waals surface area contributed by atoms with Crippen molar-refractivity contribution >= 4 is 23.2 Å². The summed E-state index contributed by atoms with van der Waals surface area (Å²) in [5.74, 6) is 0.538. The molecule has 5 heteroatoms. The summed E-state index contributed by atoms with van der Waals surface area (Å²) in [5, 5.41) is 5.93. The Labute approximate surface area is 172 Å². The number of aryl methyl sites for hydroxylation is 1. The van der Waals surface area contributed by atoms with Crippen LogP contribution in [0.15, 0.2) is 42.5 Å². The third kappa shape index (κ3) is 4.61. The van der Waals surface area contributed by atoms with Crippen LogP contribution in [0, 0.1) is 12.3 Å². The lowest BCUT2D eigenvalue weighted by atomic mass is 9.97. The van der Waals surface area contributed by atoms with E-state index < -0.39 is 5.41 Å². The van der Waals surface area contributed by atoms with E-state index in [0.717, 1.165) is 22.6 Å². The number of rotatable bonds is 7. The Morgan fingerprint density at radius 1 is 0.931 bits per heavy atom. The molecule has 1 fully saturated rings. The van der Waals surface area contributed by atoms with E-state index in [4.69, 9.17) is 4.74 Å². The van der Waals surface area contributed by atoms with Crippen molar-refractivity contribution in [1.82, 2.24) is 0 Å². The summed E-state index contributed by atoms with van der Waals surface area (Å²) in [6.07, 6.45) is 1.20. The number of hydrogen-bond donors (Lipinski definition) is 2. The van der Waals surface area contributed by atoms with E-state index in [1.54, 1.807) is 12.1 Å². The predicted octanol–water partition coefficient (Wildman–Crippen LogP) is 5.26. The van der Waals surface area contributed by atoms with E-state index in [2.05, 4.69) is 24.5 Å².